The van der Waals surface area contributed by atoms with E-state index in [1.54, 1.807) is 60.8 Å². The maximum Gasteiger partial charge on any atom is 0.315 e. The van der Waals surface area contributed by atoms with Crippen LogP contribution in [0.15, 0.2) is 67.0 Å². The number of aromatic nitrogens is 1. The van der Waals surface area contributed by atoms with Crippen LogP contribution in [-0.4, -0.2) is 49.0 Å². The molecule has 0 spiro atoms. The molecule has 2 amide bonds. The Labute approximate surface area is 190 Å². The Bertz CT molecular complexity index is 1180. The number of rotatable bonds is 7. The van der Waals surface area contributed by atoms with Crippen LogP contribution in [0.5, 0.6) is 11.5 Å². The van der Waals surface area contributed by atoms with Gasteiger partial charge in [-0.2, -0.15) is 0 Å². The highest BCUT2D eigenvalue weighted by molar-refractivity contribution is 6.21. The number of methoxy groups -OCH3 is 3. The van der Waals surface area contributed by atoms with Gasteiger partial charge in [0.2, 0.25) is 0 Å². The summed E-state index contributed by atoms with van der Waals surface area (Å²) in [6.45, 7) is 0. The number of hydrogen-bond acceptors (Lipinski definition) is 7. The Kier molecular flexibility index (Phi) is 6.08. The number of nitrogens with zero attached hydrogens (tertiary/aromatic N) is 2. The third kappa shape index (κ3) is 3.80. The number of hydrogen-bond donors (Lipinski definition) is 0. The first kappa shape index (κ1) is 22.0. The second-order valence-corrected chi connectivity index (χ2v) is 7.37. The van der Waals surface area contributed by atoms with Gasteiger partial charge < -0.3 is 14.2 Å². The van der Waals surface area contributed by atoms with Crippen molar-refractivity contribution in [1.82, 2.24) is 9.88 Å². The molecule has 2 unspecified atom stereocenters. The third-order valence-corrected chi connectivity index (χ3v) is 5.67. The molecule has 2 aromatic carbocycles. The van der Waals surface area contributed by atoms with Crippen LogP contribution in [0.4, 0.5) is 0 Å². The summed E-state index contributed by atoms with van der Waals surface area (Å²) < 4.78 is 15.9. The molecule has 0 saturated heterocycles. The number of amides is 2. The largest absolute Gasteiger partial charge is 0.493 e. The first-order chi connectivity index (χ1) is 16.0. The number of esters is 1. The van der Waals surface area contributed by atoms with E-state index in [9.17, 15) is 14.4 Å². The van der Waals surface area contributed by atoms with Crippen molar-refractivity contribution in [3.8, 4) is 11.5 Å². The van der Waals surface area contributed by atoms with Crippen LogP contribution in [0, 0.1) is 0 Å². The van der Waals surface area contributed by atoms with Gasteiger partial charge in [-0.3, -0.25) is 24.3 Å². The summed E-state index contributed by atoms with van der Waals surface area (Å²) in [7, 11) is 4.25. The van der Waals surface area contributed by atoms with Gasteiger partial charge in [0.1, 0.15) is 5.92 Å². The van der Waals surface area contributed by atoms with E-state index >= 15 is 0 Å². The Morgan fingerprint density at radius 2 is 1.52 bits per heavy atom. The molecule has 4 rings (SSSR count). The second-order valence-electron chi connectivity index (χ2n) is 7.37. The fraction of sp³-hybridized carbons (Fsp3) is 0.200. The van der Waals surface area contributed by atoms with Crippen molar-refractivity contribution in [2.75, 3.05) is 21.3 Å². The zero-order valence-corrected chi connectivity index (χ0v) is 18.3. The second kappa shape index (κ2) is 9.12. The fourth-order valence-electron chi connectivity index (χ4n) is 4.12. The van der Waals surface area contributed by atoms with Crippen LogP contribution in [0.25, 0.3) is 0 Å². The molecule has 33 heavy (non-hydrogen) atoms. The van der Waals surface area contributed by atoms with Crippen LogP contribution in [0.1, 0.15) is 43.8 Å². The van der Waals surface area contributed by atoms with Crippen LogP contribution >= 0.6 is 0 Å². The predicted molar refractivity (Wildman–Crippen MR) is 118 cm³/mol. The highest BCUT2D eigenvalue weighted by Gasteiger charge is 2.46. The summed E-state index contributed by atoms with van der Waals surface area (Å²) in [6.07, 6.45) is 3.10. The van der Waals surface area contributed by atoms with E-state index < -0.39 is 29.7 Å². The van der Waals surface area contributed by atoms with Gasteiger partial charge >= 0.3 is 5.97 Å². The number of benzene rings is 2. The number of carbonyl (C=O) groups is 3. The Balaban J connectivity index is 1.94. The zero-order chi connectivity index (χ0) is 23.5. The lowest BCUT2D eigenvalue weighted by molar-refractivity contribution is -0.143. The van der Waals surface area contributed by atoms with Crippen molar-refractivity contribution in [2.24, 2.45) is 0 Å². The Hall–Kier alpha value is -4.20. The van der Waals surface area contributed by atoms with Gasteiger partial charge in [-0.1, -0.05) is 24.3 Å². The summed E-state index contributed by atoms with van der Waals surface area (Å²) in [6, 6.07) is 14.0. The van der Waals surface area contributed by atoms with Gasteiger partial charge in [0.15, 0.2) is 11.5 Å². The maximum absolute atomic E-state index is 13.4. The molecule has 1 aromatic heterocycles. The molecule has 1 aliphatic heterocycles. The van der Waals surface area contributed by atoms with Crippen molar-refractivity contribution in [2.45, 2.75) is 12.0 Å². The SMILES string of the molecule is COC(=O)C(c1cccnc1)C(c1ccc(OC)c(OC)c1)N1C(=O)c2ccccc2C1=O. The molecule has 0 saturated carbocycles. The molecular formula is C25H22N2O6. The molecule has 2 atom stereocenters. The van der Waals surface area contributed by atoms with Gasteiger partial charge in [0, 0.05) is 12.4 Å². The molecule has 0 fully saturated rings. The van der Waals surface area contributed by atoms with E-state index in [1.165, 1.54) is 27.5 Å². The first-order valence-electron chi connectivity index (χ1n) is 10.2. The number of carbonyl (C=O) groups excluding carboxylic acids is 3. The minimum atomic E-state index is -1.02. The maximum atomic E-state index is 13.4. The topological polar surface area (TPSA) is 95.0 Å². The molecule has 8 heteroatoms. The van der Waals surface area contributed by atoms with Crippen molar-refractivity contribution in [3.63, 3.8) is 0 Å². The van der Waals surface area contributed by atoms with Crippen LogP contribution < -0.4 is 9.47 Å². The lowest BCUT2D eigenvalue weighted by Gasteiger charge is -2.32. The molecule has 2 heterocycles. The average molecular weight is 446 g/mol. The van der Waals surface area contributed by atoms with Gasteiger partial charge in [-0.05, 0) is 41.5 Å². The van der Waals surface area contributed by atoms with E-state index in [1.807, 2.05) is 0 Å². The van der Waals surface area contributed by atoms with E-state index in [2.05, 4.69) is 4.98 Å². The lowest BCUT2D eigenvalue weighted by Crippen LogP contribution is -2.40. The van der Waals surface area contributed by atoms with Crippen LogP contribution in [-0.2, 0) is 9.53 Å². The van der Waals surface area contributed by atoms with Gasteiger partial charge in [0.05, 0.1) is 38.5 Å². The van der Waals surface area contributed by atoms with Crippen molar-refractivity contribution >= 4 is 17.8 Å². The van der Waals surface area contributed by atoms with Gasteiger partial charge in [-0.15, -0.1) is 0 Å². The Morgan fingerprint density at radius 1 is 0.848 bits per heavy atom. The van der Waals surface area contributed by atoms with Crippen molar-refractivity contribution < 1.29 is 28.6 Å². The van der Waals surface area contributed by atoms with Crippen LogP contribution in [0.3, 0.4) is 0 Å². The first-order valence-corrected chi connectivity index (χ1v) is 10.2. The highest BCUT2D eigenvalue weighted by atomic mass is 16.5. The molecule has 0 aliphatic carbocycles. The fourth-order valence-corrected chi connectivity index (χ4v) is 4.12. The zero-order valence-electron chi connectivity index (χ0n) is 18.3. The quantitative estimate of drug-likeness (QED) is 0.406. The smallest absolute Gasteiger partial charge is 0.315 e. The minimum absolute atomic E-state index is 0.280. The molecule has 0 N–H and O–H groups in total. The van der Waals surface area contributed by atoms with Gasteiger partial charge in [-0.25, -0.2) is 0 Å². The minimum Gasteiger partial charge on any atom is -0.493 e. The van der Waals surface area contributed by atoms with Crippen molar-refractivity contribution in [3.05, 3.63) is 89.2 Å². The summed E-state index contributed by atoms with van der Waals surface area (Å²) in [4.78, 5) is 45.2. The molecule has 3 aromatic rings. The number of pyridine rings is 1. The van der Waals surface area contributed by atoms with E-state index in [0.717, 1.165) is 4.90 Å². The van der Waals surface area contributed by atoms with Crippen molar-refractivity contribution in [1.29, 1.82) is 0 Å². The standard InChI is InChI=1S/C25H22N2O6/c1-31-19-11-10-15(13-20(19)32-2)22(21(25(30)33-3)16-7-6-12-26-14-16)27-23(28)17-8-4-5-9-18(17)24(27)29/h4-14,21-22H,1-3H3. The molecule has 168 valence electrons. The number of fused-ring (bicyclic) bond motifs is 1. The predicted octanol–water partition coefficient (Wildman–Crippen LogP) is 3.39. The number of ether oxygens (including phenoxy) is 3. The van der Waals surface area contributed by atoms with E-state index in [0.29, 0.717) is 22.6 Å². The molecule has 0 bridgehead atoms. The summed E-state index contributed by atoms with van der Waals surface area (Å²) >= 11 is 0. The van der Waals surface area contributed by atoms with Crippen LogP contribution in [0.2, 0.25) is 0 Å². The van der Waals surface area contributed by atoms with E-state index in [-0.39, 0.29) is 11.1 Å². The molecule has 1 aliphatic rings. The normalized spacial score (nSPS) is 14.5. The monoisotopic (exact) mass is 446 g/mol. The number of imide groups is 1. The summed E-state index contributed by atoms with van der Waals surface area (Å²) in [5.41, 5.74) is 1.56. The molecular weight excluding hydrogens is 424 g/mol. The molecule has 0 radical (unpaired) electrons. The van der Waals surface area contributed by atoms with E-state index in [4.69, 9.17) is 14.2 Å². The highest BCUT2D eigenvalue weighted by Crippen LogP contribution is 2.43. The lowest BCUT2D eigenvalue weighted by atomic mass is 9.86. The molecule has 8 nitrogen and oxygen atoms in total. The third-order valence-electron chi connectivity index (χ3n) is 5.67. The summed E-state index contributed by atoms with van der Waals surface area (Å²) in [5, 5.41) is 0. The average Bonchev–Trinajstić information content (AvgIpc) is 3.12. The summed E-state index contributed by atoms with van der Waals surface area (Å²) in [5.74, 6) is -1.76. The Morgan fingerprint density at radius 3 is 2.06 bits per heavy atom. The van der Waals surface area contributed by atoms with Gasteiger partial charge in [0.25, 0.3) is 11.8 Å².